The summed E-state index contributed by atoms with van der Waals surface area (Å²) in [6.07, 6.45) is 0.662. The lowest BCUT2D eigenvalue weighted by Gasteiger charge is -2.33. The molecule has 1 fully saturated rings. The molecule has 1 aliphatic heterocycles. The van der Waals surface area contributed by atoms with E-state index in [4.69, 9.17) is 4.74 Å². The van der Waals surface area contributed by atoms with Crippen LogP contribution in [0.1, 0.15) is 39.7 Å². The first-order chi connectivity index (χ1) is 14.2. The number of hydrogen-bond donors (Lipinski definition) is 2. The van der Waals surface area contributed by atoms with E-state index in [9.17, 15) is 14.4 Å². The van der Waals surface area contributed by atoms with Crippen LogP contribution < -0.4 is 11.2 Å². The molecule has 0 unspecified atom stereocenters. The van der Waals surface area contributed by atoms with Gasteiger partial charge in [-0.3, -0.25) is 9.36 Å². The van der Waals surface area contributed by atoms with Gasteiger partial charge in [0.2, 0.25) is 0 Å². The number of likely N-dealkylation sites (tertiary alicyclic amines) is 1. The number of amides is 1. The zero-order valence-electron chi connectivity index (χ0n) is 17.4. The number of benzene rings is 1. The molecule has 3 aromatic rings. The molecule has 1 aliphatic rings. The van der Waals surface area contributed by atoms with Crippen molar-refractivity contribution in [3.8, 4) is 11.3 Å². The minimum Gasteiger partial charge on any atom is -0.444 e. The summed E-state index contributed by atoms with van der Waals surface area (Å²) in [5.41, 5.74) is 1.25. The highest BCUT2D eigenvalue weighted by Crippen LogP contribution is 2.24. The third-order valence-corrected chi connectivity index (χ3v) is 5.28. The molecule has 0 aliphatic carbocycles. The number of rotatable bonds is 2. The highest BCUT2D eigenvalue weighted by Gasteiger charge is 2.29. The predicted molar refractivity (Wildman–Crippen MR) is 115 cm³/mol. The number of fused-ring (bicyclic) bond motifs is 1. The maximum Gasteiger partial charge on any atom is 0.410 e. The molecular formula is C22H26N4O4. The van der Waals surface area contributed by atoms with Crippen molar-refractivity contribution in [1.82, 2.24) is 19.4 Å². The van der Waals surface area contributed by atoms with Crippen LogP contribution in [-0.4, -0.2) is 44.2 Å². The van der Waals surface area contributed by atoms with E-state index in [2.05, 4.69) is 9.97 Å². The molecule has 2 N–H and O–H groups in total. The Bertz CT molecular complexity index is 1180. The molecule has 158 valence electrons. The first kappa shape index (κ1) is 20.0. The summed E-state index contributed by atoms with van der Waals surface area (Å²) >= 11 is 0. The van der Waals surface area contributed by atoms with Gasteiger partial charge in [-0.1, -0.05) is 30.3 Å². The smallest absolute Gasteiger partial charge is 0.410 e. The Morgan fingerprint density at radius 1 is 1.07 bits per heavy atom. The molecule has 3 heterocycles. The lowest BCUT2D eigenvalue weighted by molar-refractivity contribution is 0.0186. The van der Waals surface area contributed by atoms with Crippen LogP contribution in [-0.2, 0) is 4.74 Å². The second-order valence-corrected chi connectivity index (χ2v) is 8.64. The molecule has 2 aromatic heterocycles. The molecular weight excluding hydrogens is 384 g/mol. The van der Waals surface area contributed by atoms with Crippen molar-refractivity contribution in [2.75, 3.05) is 13.1 Å². The van der Waals surface area contributed by atoms with Crippen molar-refractivity contribution in [3.63, 3.8) is 0 Å². The van der Waals surface area contributed by atoms with Gasteiger partial charge >= 0.3 is 11.8 Å². The molecule has 8 nitrogen and oxygen atoms in total. The third kappa shape index (κ3) is 3.90. The number of carbonyl (C=O) groups is 1. The number of aromatic amines is 2. The Labute approximate surface area is 173 Å². The van der Waals surface area contributed by atoms with Crippen molar-refractivity contribution in [2.24, 2.45) is 0 Å². The van der Waals surface area contributed by atoms with Gasteiger partial charge in [0.25, 0.3) is 5.56 Å². The number of carbonyl (C=O) groups excluding carboxylic acids is 1. The summed E-state index contributed by atoms with van der Waals surface area (Å²) < 4.78 is 6.69. The third-order valence-electron chi connectivity index (χ3n) is 5.28. The summed E-state index contributed by atoms with van der Waals surface area (Å²) in [5.74, 6) is 0. The van der Waals surface area contributed by atoms with E-state index in [-0.39, 0.29) is 17.7 Å². The maximum absolute atomic E-state index is 13.1. The average molecular weight is 410 g/mol. The van der Waals surface area contributed by atoms with E-state index in [0.717, 1.165) is 11.3 Å². The summed E-state index contributed by atoms with van der Waals surface area (Å²) in [7, 11) is 0. The summed E-state index contributed by atoms with van der Waals surface area (Å²) in [6.45, 7) is 6.34. The SMILES string of the molecule is CC(C)(C)OC(=O)N1CCC(n2c(=O)[nH]c3cc(-c4ccccc4)[nH]c3c2=O)CC1. The van der Waals surface area contributed by atoms with Gasteiger partial charge in [0.15, 0.2) is 0 Å². The summed E-state index contributed by atoms with van der Waals surface area (Å²) in [5, 5.41) is 0. The number of H-pyrrole nitrogens is 2. The zero-order valence-corrected chi connectivity index (χ0v) is 17.4. The van der Waals surface area contributed by atoms with Crippen LogP contribution in [0, 0.1) is 0 Å². The second-order valence-electron chi connectivity index (χ2n) is 8.64. The zero-order chi connectivity index (χ0) is 21.5. The van der Waals surface area contributed by atoms with Crippen LogP contribution in [0.25, 0.3) is 22.3 Å². The van der Waals surface area contributed by atoms with Gasteiger partial charge in [0.05, 0.1) is 5.52 Å². The molecule has 1 saturated heterocycles. The van der Waals surface area contributed by atoms with E-state index in [0.29, 0.717) is 37.0 Å². The van der Waals surface area contributed by atoms with Crippen LogP contribution in [0.3, 0.4) is 0 Å². The number of ether oxygens (including phenoxy) is 1. The summed E-state index contributed by atoms with van der Waals surface area (Å²) in [6, 6.07) is 11.1. The molecule has 0 spiro atoms. The average Bonchev–Trinajstić information content (AvgIpc) is 3.12. The first-order valence-corrected chi connectivity index (χ1v) is 10.1. The van der Waals surface area contributed by atoms with Gasteiger partial charge in [0.1, 0.15) is 11.1 Å². The largest absolute Gasteiger partial charge is 0.444 e. The molecule has 8 heteroatoms. The Kier molecular flexibility index (Phi) is 5.01. The van der Waals surface area contributed by atoms with Crippen molar-refractivity contribution < 1.29 is 9.53 Å². The van der Waals surface area contributed by atoms with Gasteiger partial charge in [-0.2, -0.15) is 0 Å². The minimum atomic E-state index is -0.558. The Morgan fingerprint density at radius 3 is 2.37 bits per heavy atom. The fourth-order valence-electron chi connectivity index (χ4n) is 3.85. The monoisotopic (exact) mass is 410 g/mol. The van der Waals surface area contributed by atoms with E-state index in [1.807, 2.05) is 51.1 Å². The van der Waals surface area contributed by atoms with Gasteiger partial charge in [-0.05, 0) is 45.2 Å². The molecule has 30 heavy (non-hydrogen) atoms. The Morgan fingerprint density at radius 2 is 1.73 bits per heavy atom. The quantitative estimate of drug-likeness (QED) is 0.677. The van der Waals surface area contributed by atoms with Gasteiger partial charge in [-0.15, -0.1) is 0 Å². The molecule has 1 aromatic carbocycles. The van der Waals surface area contributed by atoms with Crippen molar-refractivity contribution in [3.05, 3.63) is 57.2 Å². The van der Waals surface area contributed by atoms with Gasteiger partial charge in [0, 0.05) is 24.8 Å². The Hall–Kier alpha value is -3.29. The van der Waals surface area contributed by atoms with E-state index in [1.165, 1.54) is 4.57 Å². The Balaban J connectivity index is 1.59. The van der Waals surface area contributed by atoms with Crippen LogP contribution in [0.2, 0.25) is 0 Å². The van der Waals surface area contributed by atoms with Crippen molar-refractivity contribution in [2.45, 2.75) is 45.3 Å². The van der Waals surface area contributed by atoms with E-state index >= 15 is 0 Å². The highest BCUT2D eigenvalue weighted by atomic mass is 16.6. The number of piperidine rings is 1. The molecule has 0 bridgehead atoms. The highest BCUT2D eigenvalue weighted by molar-refractivity contribution is 5.81. The van der Waals surface area contributed by atoms with Crippen LogP contribution in [0.5, 0.6) is 0 Å². The molecule has 4 rings (SSSR count). The second kappa shape index (κ2) is 7.51. The molecule has 0 atom stereocenters. The lowest BCUT2D eigenvalue weighted by Crippen LogP contribution is -2.46. The van der Waals surface area contributed by atoms with Crippen LogP contribution in [0.15, 0.2) is 46.0 Å². The normalized spacial score (nSPS) is 15.5. The number of hydrogen-bond acceptors (Lipinski definition) is 4. The van der Waals surface area contributed by atoms with Crippen LogP contribution in [0.4, 0.5) is 4.79 Å². The first-order valence-electron chi connectivity index (χ1n) is 10.1. The standard InChI is InChI=1S/C22H26N4O4/c1-22(2,3)30-21(29)25-11-9-15(10-12-25)26-19(27)18-17(24-20(26)28)13-16(23-18)14-7-5-4-6-8-14/h4-8,13,15,23H,9-12H2,1-3H3,(H,24,28). The lowest BCUT2D eigenvalue weighted by atomic mass is 10.1. The van der Waals surface area contributed by atoms with Gasteiger partial charge < -0.3 is 19.6 Å². The number of nitrogens with zero attached hydrogens (tertiary/aromatic N) is 2. The topological polar surface area (TPSA) is 100 Å². The van der Waals surface area contributed by atoms with E-state index < -0.39 is 11.3 Å². The molecule has 0 saturated carbocycles. The maximum atomic E-state index is 13.1. The van der Waals surface area contributed by atoms with Gasteiger partial charge in [-0.25, -0.2) is 9.59 Å². The molecule has 1 amide bonds. The van der Waals surface area contributed by atoms with Crippen molar-refractivity contribution in [1.29, 1.82) is 0 Å². The fourth-order valence-corrected chi connectivity index (χ4v) is 3.85. The number of aromatic nitrogens is 3. The number of nitrogens with one attached hydrogen (secondary N) is 2. The van der Waals surface area contributed by atoms with E-state index in [1.54, 1.807) is 11.0 Å². The minimum absolute atomic E-state index is 0.271. The van der Waals surface area contributed by atoms with Crippen LogP contribution >= 0.6 is 0 Å². The fraction of sp³-hybridized carbons (Fsp3) is 0.409. The summed E-state index contributed by atoms with van der Waals surface area (Å²) in [4.78, 5) is 45.7. The molecule has 0 radical (unpaired) electrons. The van der Waals surface area contributed by atoms with Crippen molar-refractivity contribution >= 4 is 17.1 Å². The predicted octanol–water partition coefficient (Wildman–Crippen LogP) is 3.26.